The summed E-state index contributed by atoms with van der Waals surface area (Å²) in [6.45, 7) is 2.18. The lowest BCUT2D eigenvalue weighted by molar-refractivity contribution is -0.137. The fourth-order valence-corrected chi connectivity index (χ4v) is 2.13. The van der Waals surface area contributed by atoms with Crippen LogP contribution in [0.3, 0.4) is 0 Å². The molecule has 1 atom stereocenters. The number of carboxylic acid groups (broad SMARTS) is 1. The van der Waals surface area contributed by atoms with Crippen molar-refractivity contribution in [3.05, 3.63) is 35.9 Å². The number of hydrogen-bond acceptors (Lipinski definition) is 4. The number of hydrogen-bond donors (Lipinski definition) is 2. The summed E-state index contributed by atoms with van der Waals surface area (Å²) in [7, 11) is 0. The molecule has 0 aliphatic carbocycles. The molecule has 1 aromatic carbocycles. The number of rotatable bonds is 9. The topological polar surface area (TPSA) is 110 Å². The highest BCUT2D eigenvalue weighted by molar-refractivity contribution is 5.84. The van der Waals surface area contributed by atoms with Crippen LogP contribution in [0, 0.1) is 0 Å². The predicted octanol–water partition coefficient (Wildman–Crippen LogP) is 1.75. The highest BCUT2D eigenvalue weighted by atomic mass is 16.6. The van der Waals surface area contributed by atoms with Gasteiger partial charge in [-0.15, -0.1) is 0 Å². The molecule has 1 aromatic rings. The molecule has 23 heavy (non-hydrogen) atoms. The monoisotopic (exact) mass is 322 g/mol. The molecule has 0 saturated carbocycles. The van der Waals surface area contributed by atoms with Gasteiger partial charge in [0.1, 0.15) is 12.6 Å². The van der Waals surface area contributed by atoms with Crippen LogP contribution in [0.4, 0.5) is 4.79 Å². The molecular weight excluding hydrogens is 300 g/mol. The van der Waals surface area contributed by atoms with E-state index in [9.17, 15) is 14.4 Å². The van der Waals surface area contributed by atoms with Gasteiger partial charge in [0.05, 0.1) is 0 Å². The third kappa shape index (κ3) is 6.37. The summed E-state index contributed by atoms with van der Waals surface area (Å²) in [5.41, 5.74) is 6.14. The Balaban J connectivity index is 2.74. The molecule has 126 valence electrons. The average Bonchev–Trinajstić information content (AvgIpc) is 2.52. The molecule has 0 heterocycles. The Bertz CT molecular complexity index is 533. The first-order valence-corrected chi connectivity index (χ1v) is 7.44. The van der Waals surface area contributed by atoms with Gasteiger partial charge in [0.15, 0.2) is 0 Å². The molecule has 1 unspecified atom stereocenters. The first kappa shape index (κ1) is 18.5. The van der Waals surface area contributed by atoms with Crippen LogP contribution in [0.1, 0.15) is 31.7 Å². The first-order valence-electron chi connectivity index (χ1n) is 7.44. The molecule has 1 rings (SSSR count). The summed E-state index contributed by atoms with van der Waals surface area (Å²) in [6.07, 6.45) is -0.368. The SMILES string of the molecule is CCCN(C(=O)OCc1ccccc1)C(CCC(=O)O)C(N)=O. The van der Waals surface area contributed by atoms with Crippen molar-refractivity contribution in [2.45, 2.75) is 38.8 Å². The average molecular weight is 322 g/mol. The van der Waals surface area contributed by atoms with Gasteiger partial charge in [-0.25, -0.2) is 4.79 Å². The molecule has 0 radical (unpaired) electrons. The Kier molecular flexibility index (Phi) is 7.59. The molecule has 0 aromatic heterocycles. The molecule has 0 fully saturated rings. The zero-order chi connectivity index (χ0) is 17.2. The van der Waals surface area contributed by atoms with Gasteiger partial charge in [0, 0.05) is 13.0 Å². The predicted molar refractivity (Wildman–Crippen MR) is 83.5 cm³/mol. The molecule has 0 aliphatic rings. The minimum Gasteiger partial charge on any atom is -0.481 e. The van der Waals surface area contributed by atoms with Crippen LogP contribution >= 0.6 is 0 Å². The van der Waals surface area contributed by atoms with Gasteiger partial charge >= 0.3 is 12.1 Å². The van der Waals surface area contributed by atoms with Crippen LogP contribution in [0.15, 0.2) is 30.3 Å². The fourth-order valence-electron chi connectivity index (χ4n) is 2.13. The van der Waals surface area contributed by atoms with E-state index in [0.717, 1.165) is 5.56 Å². The maximum absolute atomic E-state index is 12.2. The van der Waals surface area contributed by atoms with Crippen molar-refractivity contribution in [2.24, 2.45) is 5.73 Å². The number of amides is 2. The van der Waals surface area contributed by atoms with Crippen LogP contribution < -0.4 is 5.73 Å². The van der Waals surface area contributed by atoms with Crippen molar-refractivity contribution in [1.29, 1.82) is 0 Å². The second-order valence-electron chi connectivity index (χ2n) is 5.08. The minimum absolute atomic E-state index is 0.0366. The Hall–Kier alpha value is -2.57. The lowest BCUT2D eigenvalue weighted by atomic mass is 10.1. The van der Waals surface area contributed by atoms with E-state index in [0.29, 0.717) is 6.42 Å². The number of primary amides is 1. The van der Waals surface area contributed by atoms with Gasteiger partial charge in [-0.1, -0.05) is 37.3 Å². The number of nitrogens with zero attached hydrogens (tertiary/aromatic N) is 1. The van der Waals surface area contributed by atoms with Crippen LogP contribution in [0.5, 0.6) is 0 Å². The third-order valence-corrected chi connectivity index (χ3v) is 3.24. The molecule has 7 nitrogen and oxygen atoms in total. The van der Waals surface area contributed by atoms with Gasteiger partial charge in [-0.2, -0.15) is 0 Å². The molecule has 0 saturated heterocycles. The molecule has 3 N–H and O–H groups in total. The van der Waals surface area contributed by atoms with Crippen LogP contribution in [-0.4, -0.2) is 40.6 Å². The van der Waals surface area contributed by atoms with E-state index in [1.807, 2.05) is 37.3 Å². The van der Waals surface area contributed by atoms with Crippen LogP contribution in [0.2, 0.25) is 0 Å². The Morgan fingerprint density at radius 3 is 2.43 bits per heavy atom. The highest BCUT2D eigenvalue weighted by Gasteiger charge is 2.29. The Morgan fingerprint density at radius 1 is 1.26 bits per heavy atom. The van der Waals surface area contributed by atoms with Crippen molar-refractivity contribution in [3.63, 3.8) is 0 Å². The molecular formula is C16H22N2O5. The highest BCUT2D eigenvalue weighted by Crippen LogP contribution is 2.12. The number of nitrogens with two attached hydrogens (primary N) is 1. The van der Waals surface area contributed by atoms with E-state index < -0.39 is 24.0 Å². The number of carbonyl (C=O) groups excluding carboxylic acids is 2. The van der Waals surface area contributed by atoms with Crippen molar-refractivity contribution in [2.75, 3.05) is 6.54 Å². The summed E-state index contributed by atoms with van der Waals surface area (Å²) in [6, 6.07) is 8.14. The van der Waals surface area contributed by atoms with E-state index in [2.05, 4.69) is 0 Å². The maximum atomic E-state index is 12.2. The second-order valence-corrected chi connectivity index (χ2v) is 5.08. The Morgan fingerprint density at radius 2 is 1.91 bits per heavy atom. The van der Waals surface area contributed by atoms with Gasteiger partial charge in [0.25, 0.3) is 0 Å². The summed E-state index contributed by atoms with van der Waals surface area (Å²) in [5, 5.41) is 8.76. The number of ether oxygens (including phenoxy) is 1. The minimum atomic E-state index is -1.05. The van der Waals surface area contributed by atoms with Crippen molar-refractivity contribution < 1.29 is 24.2 Å². The lowest BCUT2D eigenvalue weighted by Gasteiger charge is -2.28. The Labute approximate surface area is 135 Å². The maximum Gasteiger partial charge on any atom is 0.410 e. The van der Waals surface area contributed by atoms with Crippen molar-refractivity contribution in [1.82, 2.24) is 4.90 Å². The van der Waals surface area contributed by atoms with E-state index >= 15 is 0 Å². The molecule has 0 spiro atoms. The smallest absolute Gasteiger partial charge is 0.410 e. The number of carboxylic acids is 1. The number of aliphatic carboxylic acids is 1. The van der Waals surface area contributed by atoms with Gasteiger partial charge in [-0.05, 0) is 18.4 Å². The van der Waals surface area contributed by atoms with Crippen LogP contribution in [-0.2, 0) is 20.9 Å². The number of benzene rings is 1. The van der Waals surface area contributed by atoms with Crippen molar-refractivity contribution in [3.8, 4) is 0 Å². The molecule has 0 bridgehead atoms. The van der Waals surface area contributed by atoms with Crippen molar-refractivity contribution >= 4 is 18.0 Å². The molecule has 0 aliphatic heterocycles. The summed E-state index contributed by atoms with van der Waals surface area (Å²) in [5.74, 6) is -1.79. The summed E-state index contributed by atoms with van der Waals surface area (Å²) in [4.78, 5) is 35.7. The third-order valence-electron chi connectivity index (χ3n) is 3.24. The fraction of sp³-hybridized carbons (Fsp3) is 0.438. The van der Waals surface area contributed by atoms with Gasteiger partial charge < -0.3 is 15.6 Å². The summed E-state index contributed by atoms with van der Waals surface area (Å²) >= 11 is 0. The largest absolute Gasteiger partial charge is 0.481 e. The zero-order valence-electron chi connectivity index (χ0n) is 13.1. The van der Waals surface area contributed by atoms with E-state index in [1.165, 1.54) is 4.90 Å². The number of carbonyl (C=O) groups is 3. The lowest BCUT2D eigenvalue weighted by Crippen LogP contribution is -2.48. The van der Waals surface area contributed by atoms with Gasteiger partial charge in [-0.3, -0.25) is 14.5 Å². The zero-order valence-corrected chi connectivity index (χ0v) is 13.1. The quantitative estimate of drug-likeness (QED) is 0.719. The standard InChI is InChI=1S/C16H22N2O5/c1-2-10-18(13(15(17)21)8-9-14(19)20)16(22)23-11-12-6-4-3-5-7-12/h3-7,13H,2,8-11H2,1H3,(H2,17,21)(H,19,20). The second kappa shape index (κ2) is 9.45. The van der Waals surface area contributed by atoms with E-state index in [4.69, 9.17) is 15.6 Å². The van der Waals surface area contributed by atoms with E-state index in [-0.39, 0.29) is 26.0 Å². The van der Waals surface area contributed by atoms with E-state index in [1.54, 1.807) is 0 Å². The summed E-state index contributed by atoms with van der Waals surface area (Å²) < 4.78 is 5.21. The normalized spacial score (nSPS) is 11.5. The van der Waals surface area contributed by atoms with Gasteiger partial charge in [0.2, 0.25) is 5.91 Å². The van der Waals surface area contributed by atoms with Crippen LogP contribution in [0.25, 0.3) is 0 Å². The molecule has 2 amide bonds. The first-order chi connectivity index (χ1) is 11.0. The molecule has 7 heteroatoms.